The van der Waals surface area contributed by atoms with Crippen molar-refractivity contribution in [1.82, 2.24) is 5.32 Å². The first-order valence-electron chi connectivity index (χ1n) is 6.99. The SMILES string of the molecule is CCOc1cc(CNC)ccc1OCCC(C)(C)C. The number of rotatable bonds is 7. The van der Waals surface area contributed by atoms with Crippen LogP contribution in [-0.2, 0) is 6.54 Å². The van der Waals surface area contributed by atoms with Crippen LogP contribution in [0.2, 0.25) is 0 Å². The minimum Gasteiger partial charge on any atom is -0.490 e. The first kappa shape index (κ1) is 15.8. The molecule has 0 amide bonds. The lowest BCUT2D eigenvalue weighted by Crippen LogP contribution is -2.12. The number of hydrogen-bond donors (Lipinski definition) is 1. The molecule has 0 atom stereocenters. The van der Waals surface area contributed by atoms with Crippen LogP contribution in [0, 0.1) is 5.41 Å². The summed E-state index contributed by atoms with van der Waals surface area (Å²) in [5.74, 6) is 1.68. The van der Waals surface area contributed by atoms with Crippen molar-refractivity contribution < 1.29 is 9.47 Å². The monoisotopic (exact) mass is 265 g/mol. The Kier molecular flexibility index (Phi) is 6.16. The van der Waals surface area contributed by atoms with Gasteiger partial charge in [0.15, 0.2) is 11.5 Å². The molecule has 0 fully saturated rings. The van der Waals surface area contributed by atoms with Crippen molar-refractivity contribution in [3.63, 3.8) is 0 Å². The fraction of sp³-hybridized carbons (Fsp3) is 0.625. The molecule has 0 aliphatic rings. The fourth-order valence-electron chi connectivity index (χ4n) is 1.72. The third-order valence-electron chi connectivity index (χ3n) is 2.80. The number of benzene rings is 1. The largest absolute Gasteiger partial charge is 0.490 e. The van der Waals surface area contributed by atoms with Crippen molar-refractivity contribution in [2.75, 3.05) is 20.3 Å². The van der Waals surface area contributed by atoms with Gasteiger partial charge in [0.1, 0.15) is 0 Å². The summed E-state index contributed by atoms with van der Waals surface area (Å²) in [7, 11) is 1.94. The van der Waals surface area contributed by atoms with Crippen LogP contribution in [0.3, 0.4) is 0 Å². The van der Waals surface area contributed by atoms with E-state index in [1.807, 2.05) is 26.1 Å². The molecule has 1 aromatic carbocycles. The van der Waals surface area contributed by atoms with Crippen molar-refractivity contribution in [3.05, 3.63) is 23.8 Å². The molecular weight excluding hydrogens is 238 g/mol. The highest BCUT2D eigenvalue weighted by molar-refractivity contribution is 5.43. The van der Waals surface area contributed by atoms with E-state index in [1.54, 1.807) is 0 Å². The van der Waals surface area contributed by atoms with Gasteiger partial charge in [-0.05, 0) is 43.5 Å². The maximum Gasteiger partial charge on any atom is 0.161 e. The summed E-state index contributed by atoms with van der Waals surface area (Å²) >= 11 is 0. The molecule has 1 aromatic rings. The molecule has 3 heteroatoms. The molecule has 19 heavy (non-hydrogen) atoms. The summed E-state index contributed by atoms with van der Waals surface area (Å²) in [6.07, 6.45) is 1.02. The zero-order chi connectivity index (χ0) is 14.3. The maximum atomic E-state index is 5.85. The highest BCUT2D eigenvalue weighted by Gasteiger charge is 2.12. The molecule has 0 saturated heterocycles. The molecule has 0 saturated carbocycles. The smallest absolute Gasteiger partial charge is 0.161 e. The highest BCUT2D eigenvalue weighted by atomic mass is 16.5. The van der Waals surface area contributed by atoms with Crippen LogP contribution in [0.25, 0.3) is 0 Å². The Balaban J connectivity index is 2.70. The minimum atomic E-state index is 0.290. The fourth-order valence-corrected chi connectivity index (χ4v) is 1.72. The zero-order valence-corrected chi connectivity index (χ0v) is 12.9. The van der Waals surface area contributed by atoms with Gasteiger partial charge in [0.05, 0.1) is 13.2 Å². The van der Waals surface area contributed by atoms with E-state index in [0.717, 1.165) is 31.1 Å². The normalized spacial score (nSPS) is 11.4. The molecule has 0 spiro atoms. The topological polar surface area (TPSA) is 30.5 Å². The van der Waals surface area contributed by atoms with Gasteiger partial charge in [-0.15, -0.1) is 0 Å². The van der Waals surface area contributed by atoms with Gasteiger partial charge in [0.2, 0.25) is 0 Å². The lowest BCUT2D eigenvalue weighted by Gasteiger charge is -2.19. The molecule has 3 nitrogen and oxygen atoms in total. The van der Waals surface area contributed by atoms with Gasteiger partial charge in [-0.2, -0.15) is 0 Å². The Morgan fingerprint density at radius 2 is 1.84 bits per heavy atom. The van der Waals surface area contributed by atoms with Crippen LogP contribution >= 0.6 is 0 Å². The zero-order valence-electron chi connectivity index (χ0n) is 12.9. The van der Waals surface area contributed by atoms with E-state index in [-0.39, 0.29) is 5.41 Å². The molecule has 0 aliphatic heterocycles. The third kappa shape index (κ3) is 5.97. The van der Waals surface area contributed by atoms with Gasteiger partial charge in [-0.1, -0.05) is 26.8 Å². The average molecular weight is 265 g/mol. The van der Waals surface area contributed by atoms with Crippen molar-refractivity contribution in [1.29, 1.82) is 0 Å². The van der Waals surface area contributed by atoms with Crippen LogP contribution in [0.1, 0.15) is 39.7 Å². The van der Waals surface area contributed by atoms with Gasteiger partial charge in [-0.3, -0.25) is 0 Å². The first-order chi connectivity index (χ1) is 8.96. The second kappa shape index (κ2) is 7.39. The van der Waals surface area contributed by atoms with Gasteiger partial charge >= 0.3 is 0 Å². The molecule has 0 bridgehead atoms. The summed E-state index contributed by atoms with van der Waals surface area (Å²) in [5, 5.41) is 3.14. The summed E-state index contributed by atoms with van der Waals surface area (Å²) in [6.45, 7) is 10.8. The molecule has 0 aromatic heterocycles. The lowest BCUT2D eigenvalue weighted by atomic mass is 9.93. The van der Waals surface area contributed by atoms with Gasteiger partial charge in [0.25, 0.3) is 0 Å². The molecule has 1 rings (SSSR count). The third-order valence-corrected chi connectivity index (χ3v) is 2.80. The molecule has 0 unspecified atom stereocenters. The average Bonchev–Trinajstić information content (AvgIpc) is 2.31. The summed E-state index contributed by atoms with van der Waals surface area (Å²) in [5.41, 5.74) is 1.49. The summed E-state index contributed by atoms with van der Waals surface area (Å²) in [6, 6.07) is 6.12. The standard InChI is InChI=1S/C16H27NO2/c1-6-18-15-11-13(12-17-5)7-8-14(15)19-10-9-16(2,3)4/h7-8,11,17H,6,9-10,12H2,1-5H3. The van der Waals surface area contributed by atoms with E-state index >= 15 is 0 Å². The van der Waals surface area contributed by atoms with E-state index in [9.17, 15) is 0 Å². The molecule has 0 heterocycles. The van der Waals surface area contributed by atoms with Crippen molar-refractivity contribution in [2.45, 2.75) is 40.7 Å². The van der Waals surface area contributed by atoms with Crippen molar-refractivity contribution in [2.24, 2.45) is 5.41 Å². The number of ether oxygens (including phenoxy) is 2. The Morgan fingerprint density at radius 3 is 2.42 bits per heavy atom. The van der Waals surface area contributed by atoms with Gasteiger partial charge < -0.3 is 14.8 Å². The van der Waals surface area contributed by atoms with Crippen LogP contribution in [0.5, 0.6) is 11.5 Å². The van der Waals surface area contributed by atoms with E-state index in [2.05, 4.69) is 32.2 Å². The summed E-state index contributed by atoms with van der Waals surface area (Å²) < 4.78 is 11.5. The Bertz CT molecular complexity index is 383. The Morgan fingerprint density at radius 1 is 1.11 bits per heavy atom. The quantitative estimate of drug-likeness (QED) is 0.817. The predicted octanol–water partition coefficient (Wildman–Crippen LogP) is 3.62. The van der Waals surface area contributed by atoms with Crippen molar-refractivity contribution in [3.8, 4) is 11.5 Å². The predicted molar refractivity (Wildman–Crippen MR) is 79.9 cm³/mol. The molecular formula is C16H27NO2. The Labute approximate surface area is 117 Å². The minimum absolute atomic E-state index is 0.290. The molecule has 108 valence electrons. The molecule has 0 radical (unpaired) electrons. The van der Waals surface area contributed by atoms with E-state index < -0.39 is 0 Å². The lowest BCUT2D eigenvalue weighted by molar-refractivity contribution is 0.229. The first-order valence-corrected chi connectivity index (χ1v) is 6.99. The van der Waals surface area contributed by atoms with Crippen LogP contribution in [0.4, 0.5) is 0 Å². The van der Waals surface area contributed by atoms with Gasteiger partial charge in [0, 0.05) is 6.54 Å². The van der Waals surface area contributed by atoms with Crippen LogP contribution < -0.4 is 14.8 Å². The van der Waals surface area contributed by atoms with E-state index in [0.29, 0.717) is 6.61 Å². The van der Waals surface area contributed by atoms with Crippen LogP contribution in [-0.4, -0.2) is 20.3 Å². The molecule has 0 aliphatic carbocycles. The summed E-state index contributed by atoms with van der Waals surface area (Å²) in [4.78, 5) is 0. The van der Waals surface area contributed by atoms with Crippen LogP contribution in [0.15, 0.2) is 18.2 Å². The second-order valence-electron chi connectivity index (χ2n) is 5.90. The molecule has 1 N–H and O–H groups in total. The highest BCUT2D eigenvalue weighted by Crippen LogP contribution is 2.29. The number of hydrogen-bond acceptors (Lipinski definition) is 3. The maximum absolute atomic E-state index is 5.85. The van der Waals surface area contributed by atoms with Crippen molar-refractivity contribution >= 4 is 0 Å². The number of nitrogens with one attached hydrogen (secondary N) is 1. The van der Waals surface area contributed by atoms with Gasteiger partial charge in [-0.25, -0.2) is 0 Å². The van der Waals surface area contributed by atoms with E-state index in [4.69, 9.17) is 9.47 Å². The van der Waals surface area contributed by atoms with E-state index in [1.165, 1.54) is 5.56 Å². The second-order valence-corrected chi connectivity index (χ2v) is 5.90. The Hall–Kier alpha value is -1.22.